The van der Waals surface area contributed by atoms with Crippen molar-refractivity contribution in [3.05, 3.63) is 23.8 Å². The minimum absolute atomic E-state index is 0.259. The first kappa shape index (κ1) is 14.8. The first-order valence-electron chi connectivity index (χ1n) is 6.34. The van der Waals surface area contributed by atoms with Gasteiger partial charge in [0, 0.05) is 12.1 Å². The van der Waals surface area contributed by atoms with Gasteiger partial charge in [-0.15, -0.1) is 0 Å². The fourth-order valence-electron chi connectivity index (χ4n) is 1.70. The van der Waals surface area contributed by atoms with Crippen LogP contribution in [0.25, 0.3) is 0 Å². The van der Waals surface area contributed by atoms with Crippen LogP contribution in [-0.2, 0) is 6.42 Å². The van der Waals surface area contributed by atoms with E-state index in [-0.39, 0.29) is 6.04 Å². The predicted octanol–water partition coefficient (Wildman–Crippen LogP) is 1.57. The maximum Gasteiger partial charge on any atom is 0.122 e. The molecule has 0 heterocycles. The lowest BCUT2D eigenvalue weighted by molar-refractivity contribution is 0.393. The summed E-state index contributed by atoms with van der Waals surface area (Å²) in [4.78, 5) is 0. The highest BCUT2D eigenvalue weighted by Crippen LogP contribution is 2.22. The van der Waals surface area contributed by atoms with Crippen molar-refractivity contribution in [3.8, 4) is 11.5 Å². The van der Waals surface area contributed by atoms with E-state index in [0.717, 1.165) is 37.4 Å². The van der Waals surface area contributed by atoms with Crippen LogP contribution in [0.3, 0.4) is 0 Å². The summed E-state index contributed by atoms with van der Waals surface area (Å²) in [5.74, 6) is 1.67. The van der Waals surface area contributed by atoms with Gasteiger partial charge in [-0.05, 0) is 50.6 Å². The zero-order chi connectivity index (χ0) is 13.4. The fraction of sp³-hybridized carbons (Fsp3) is 0.571. The summed E-state index contributed by atoms with van der Waals surface area (Å²) >= 11 is 0. The average molecular weight is 252 g/mol. The molecule has 0 fully saturated rings. The molecule has 4 heteroatoms. The van der Waals surface area contributed by atoms with Crippen LogP contribution in [0.1, 0.15) is 18.9 Å². The largest absolute Gasteiger partial charge is 0.497 e. The average Bonchev–Trinajstić information content (AvgIpc) is 2.37. The van der Waals surface area contributed by atoms with E-state index in [4.69, 9.17) is 15.2 Å². The number of rotatable bonds is 8. The molecule has 0 aromatic heterocycles. The Labute approximate surface area is 109 Å². The fourth-order valence-corrected chi connectivity index (χ4v) is 1.70. The summed E-state index contributed by atoms with van der Waals surface area (Å²) < 4.78 is 10.5. The number of nitrogens with one attached hydrogen (secondary N) is 1. The van der Waals surface area contributed by atoms with Gasteiger partial charge in [0.25, 0.3) is 0 Å². The predicted molar refractivity (Wildman–Crippen MR) is 74.4 cm³/mol. The first-order valence-corrected chi connectivity index (χ1v) is 6.34. The third-order valence-electron chi connectivity index (χ3n) is 2.78. The molecule has 0 saturated heterocycles. The van der Waals surface area contributed by atoms with Crippen molar-refractivity contribution in [3.63, 3.8) is 0 Å². The molecule has 0 spiro atoms. The zero-order valence-electron chi connectivity index (χ0n) is 11.5. The van der Waals surface area contributed by atoms with Gasteiger partial charge in [0.05, 0.1) is 14.2 Å². The third-order valence-corrected chi connectivity index (χ3v) is 2.78. The summed E-state index contributed by atoms with van der Waals surface area (Å²) in [5, 5.41) is 3.38. The molecule has 0 saturated carbocycles. The molecule has 0 amide bonds. The van der Waals surface area contributed by atoms with Gasteiger partial charge < -0.3 is 20.5 Å². The van der Waals surface area contributed by atoms with E-state index in [0.29, 0.717) is 0 Å². The van der Waals surface area contributed by atoms with Gasteiger partial charge in [-0.2, -0.15) is 0 Å². The molecule has 1 rings (SSSR count). The minimum Gasteiger partial charge on any atom is -0.497 e. The second-order valence-electron chi connectivity index (χ2n) is 4.49. The molecule has 0 radical (unpaired) electrons. The van der Waals surface area contributed by atoms with Crippen LogP contribution in [0.2, 0.25) is 0 Å². The highest BCUT2D eigenvalue weighted by Gasteiger charge is 2.02. The molecule has 102 valence electrons. The summed E-state index contributed by atoms with van der Waals surface area (Å²) in [6.45, 7) is 3.91. The van der Waals surface area contributed by atoms with E-state index in [1.165, 1.54) is 5.56 Å². The SMILES string of the molecule is COc1cc(CCNCCC(C)N)cc(OC)c1. The van der Waals surface area contributed by atoms with E-state index < -0.39 is 0 Å². The Morgan fingerprint density at radius 3 is 2.22 bits per heavy atom. The van der Waals surface area contributed by atoms with Crippen LogP contribution in [0.4, 0.5) is 0 Å². The molecular weight excluding hydrogens is 228 g/mol. The van der Waals surface area contributed by atoms with Gasteiger partial charge >= 0.3 is 0 Å². The molecule has 1 aromatic carbocycles. The van der Waals surface area contributed by atoms with Gasteiger partial charge in [0.1, 0.15) is 11.5 Å². The molecule has 0 bridgehead atoms. The Morgan fingerprint density at radius 2 is 1.72 bits per heavy atom. The first-order chi connectivity index (χ1) is 8.65. The number of ether oxygens (including phenoxy) is 2. The van der Waals surface area contributed by atoms with E-state index in [9.17, 15) is 0 Å². The van der Waals surface area contributed by atoms with Crippen molar-refractivity contribution in [2.45, 2.75) is 25.8 Å². The molecule has 0 aliphatic carbocycles. The van der Waals surface area contributed by atoms with E-state index in [1.807, 2.05) is 25.1 Å². The molecule has 1 unspecified atom stereocenters. The van der Waals surface area contributed by atoms with Crippen LogP contribution in [0.5, 0.6) is 11.5 Å². The van der Waals surface area contributed by atoms with Gasteiger partial charge in [-0.3, -0.25) is 0 Å². The summed E-state index contributed by atoms with van der Waals surface area (Å²) in [6, 6.07) is 6.22. The van der Waals surface area contributed by atoms with Crippen LogP contribution < -0.4 is 20.5 Å². The van der Waals surface area contributed by atoms with Gasteiger partial charge in [0.15, 0.2) is 0 Å². The standard InChI is InChI=1S/C14H24N2O2/c1-11(15)4-6-16-7-5-12-8-13(17-2)10-14(9-12)18-3/h8-11,16H,4-7,15H2,1-3H3. The van der Waals surface area contributed by atoms with Crippen molar-refractivity contribution >= 4 is 0 Å². The third kappa shape index (κ3) is 5.38. The quantitative estimate of drug-likeness (QED) is 0.690. The number of hydrogen-bond donors (Lipinski definition) is 2. The van der Waals surface area contributed by atoms with Crippen molar-refractivity contribution in [1.29, 1.82) is 0 Å². The summed E-state index contributed by atoms with van der Waals surface area (Å²) in [7, 11) is 3.33. The maximum atomic E-state index is 5.69. The van der Waals surface area contributed by atoms with Crippen LogP contribution in [-0.4, -0.2) is 33.4 Å². The van der Waals surface area contributed by atoms with E-state index in [1.54, 1.807) is 14.2 Å². The van der Waals surface area contributed by atoms with Crippen LogP contribution in [0, 0.1) is 0 Å². The molecule has 0 aliphatic rings. The number of hydrogen-bond acceptors (Lipinski definition) is 4. The maximum absolute atomic E-state index is 5.69. The van der Waals surface area contributed by atoms with Crippen LogP contribution in [0.15, 0.2) is 18.2 Å². The minimum atomic E-state index is 0.259. The lowest BCUT2D eigenvalue weighted by Gasteiger charge is -2.10. The van der Waals surface area contributed by atoms with Crippen molar-refractivity contribution in [1.82, 2.24) is 5.32 Å². The van der Waals surface area contributed by atoms with Gasteiger partial charge in [-0.1, -0.05) is 0 Å². The Morgan fingerprint density at radius 1 is 1.11 bits per heavy atom. The molecular formula is C14H24N2O2. The molecule has 4 nitrogen and oxygen atoms in total. The second-order valence-corrected chi connectivity index (χ2v) is 4.49. The Kier molecular flexibility index (Phi) is 6.54. The Bertz CT molecular complexity index is 331. The van der Waals surface area contributed by atoms with Gasteiger partial charge in [-0.25, -0.2) is 0 Å². The molecule has 3 N–H and O–H groups in total. The smallest absolute Gasteiger partial charge is 0.122 e. The van der Waals surface area contributed by atoms with Crippen LogP contribution >= 0.6 is 0 Å². The van der Waals surface area contributed by atoms with E-state index in [2.05, 4.69) is 5.32 Å². The Hall–Kier alpha value is -1.26. The van der Waals surface area contributed by atoms with Crippen molar-refractivity contribution in [2.75, 3.05) is 27.3 Å². The monoisotopic (exact) mass is 252 g/mol. The molecule has 18 heavy (non-hydrogen) atoms. The second kappa shape index (κ2) is 7.95. The summed E-state index contributed by atoms with van der Waals surface area (Å²) in [5.41, 5.74) is 6.90. The van der Waals surface area contributed by atoms with Crippen molar-refractivity contribution in [2.24, 2.45) is 5.73 Å². The Balaban J connectivity index is 2.41. The lowest BCUT2D eigenvalue weighted by atomic mass is 10.1. The topological polar surface area (TPSA) is 56.5 Å². The molecule has 1 atom stereocenters. The number of methoxy groups -OCH3 is 2. The highest BCUT2D eigenvalue weighted by molar-refractivity contribution is 5.38. The highest BCUT2D eigenvalue weighted by atomic mass is 16.5. The van der Waals surface area contributed by atoms with E-state index >= 15 is 0 Å². The molecule has 0 aliphatic heterocycles. The summed E-state index contributed by atoms with van der Waals surface area (Å²) in [6.07, 6.45) is 1.95. The van der Waals surface area contributed by atoms with Gasteiger partial charge in [0.2, 0.25) is 0 Å². The zero-order valence-corrected chi connectivity index (χ0v) is 11.5. The number of benzene rings is 1. The normalized spacial score (nSPS) is 12.2. The molecule has 1 aromatic rings. The lowest BCUT2D eigenvalue weighted by Crippen LogP contribution is -2.25. The van der Waals surface area contributed by atoms with Crippen molar-refractivity contribution < 1.29 is 9.47 Å². The number of nitrogens with two attached hydrogens (primary N) is 1.